The fraction of sp³-hybridized carbons (Fsp3) is 0.429. The van der Waals surface area contributed by atoms with Crippen molar-refractivity contribution in [1.82, 2.24) is 10.6 Å². The number of aliphatic carboxylic acids is 2. The Morgan fingerprint density at radius 3 is 2.29 bits per heavy atom. The number of nitrogens with one attached hydrogen (secondary N) is 2. The van der Waals surface area contributed by atoms with Crippen LogP contribution >= 0.6 is 12.6 Å². The van der Waals surface area contributed by atoms with Crippen LogP contribution in [-0.4, -0.2) is 64.5 Å². The van der Waals surface area contributed by atoms with E-state index in [4.69, 9.17) is 14.9 Å². The highest BCUT2D eigenvalue weighted by Gasteiger charge is 2.30. The van der Waals surface area contributed by atoms with Crippen LogP contribution in [0.25, 0.3) is 0 Å². The van der Waals surface area contributed by atoms with E-state index >= 15 is 0 Å². The average molecular weight is 360 g/mol. The molecule has 0 bridgehead atoms. The van der Waals surface area contributed by atoms with Crippen molar-refractivity contribution in [2.24, 2.45) is 0 Å². The normalized spacial score (nSPS) is 19.9. The molecule has 0 aromatic heterocycles. The van der Waals surface area contributed by atoms with Gasteiger partial charge in [0, 0.05) is 24.8 Å². The third kappa shape index (κ3) is 8.34. The fourth-order valence-electron chi connectivity index (χ4n) is 1.61. The van der Waals surface area contributed by atoms with E-state index in [2.05, 4.69) is 36.4 Å². The second-order valence-corrected chi connectivity index (χ2v) is 4.95. The van der Waals surface area contributed by atoms with Gasteiger partial charge in [-0.3, -0.25) is 9.59 Å². The minimum Gasteiger partial charge on any atom is -0.480 e. The van der Waals surface area contributed by atoms with Crippen LogP contribution in [0.5, 0.6) is 0 Å². The molecule has 0 aromatic carbocycles. The second-order valence-electron chi connectivity index (χ2n) is 4.58. The van der Waals surface area contributed by atoms with E-state index in [1.807, 2.05) is 0 Å². The molecule has 24 heavy (non-hydrogen) atoms. The number of carboxylic acid groups (broad SMARTS) is 2. The molecule has 4 N–H and O–H groups in total. The van der Waals surface area contributed by atoms with Crippen LogP contribution in [0.3, 0.4) is 0 Å². The number of hydrogen-bond acceptors (Lipinski definition) is 7. The molecular formula is C14H20N2O7S. The van der Waals surface area contributed by atoms with E-state index in [1.165, 1.54) is 0 Å². The van der Waals surface area contributed by atoms with Crippen molar-refractivity contribution in [2.75, 3.05) is 12.3 Å². The zero-order valence-corrected chi connectivity index (χ0v) is 13.7. The Hall–Kier alpha value is -2.33. The third-order valence-electron chi connectivity index (χ3n) is 2.82. The smallest absolute Gasteiger partial charge is 0.330 e. The Morgan fingerprint density at radius 2 is 1.92 bits per heavy atom. The zero-order valence-electron chi connectivity index (χ0n) is 12.8. The molecule has 0 saturated carbocycles. The van der Waals surface area contributed by atoms with E-state index in [9.17, 15) is 19.2 Å². The van der Waals surface area contributed by atoms with Gasteiger partial charge in [0.05, 0.1) is 0 Å². The lowest BCUT2D eigenvalue weighted by molar-refractivity contribution is -0.144. The summed E-state index contributed by atoms with van der Waals surface area (Å²) in [5, 5.41) is 21.9. The predicted octanol–water partition coefficient (Wildman–Crippen LogP) is -0.798. The summed E-state index contributed by atoms with van der Waals surface area (Å²) in [5.41, 5.74) is 0. The average Bonchev–Trinajstić information content (AvgIpc) is 3.01. The molecule has 0 spiro atoms. The van der Waals surface area contributed by atoms with Crippen molar-refractivity contribution in [3.63, 3.8) is 0 Å². The Labute approximate surface area is 144 Å². The maximum atomic E-state index is 10.7. The summed E-state index contributed by atoms with van der Waals surface area (Å²) >= 11 is 3.74. The van der Waals surface area contributed by atoms with Crippen LogP contribution in [0.15, 0.2) is 25.3 Å². The number of rotatable bonds is 7. The molecule has 1 aliphatic rings. The quantitative estimate of drug-likeness (QED) is 0.226. The second kappa shape index (κ2) is 11.2. The van der Waals surface area contributed by atoms with E-state index < -0.39 is 35.9 Å². The molecular weight excluding hydrogens is 340 g/mol. The van der Waals surface area contributed by atoms with Crippen LogP contribution in [0, 0.1) is 0 Å². The maximum absolute atomic E-state index is 10.7. The van der Waals surface area contributed by atoms with Crippen LogP contribution in [0.4, 0.5) is 0 Å². The number of carbonyl (C=O) groups excluding carboxylic acids is 2. The molecule has 1 rings (SSSR count). The minimum atomic E-state index is -1.10. The van der Waals surface area contributed by atoms with E-state index in [-0.39, 0.29) is 11.9 Å². The molecule has 2 unspecified atom stereocenters. The molecule has 9 nitrogen and oxygen atoms in total. The molecule has 3 atom stereocenters. The topological polar surface area (TPSA) is 142 Å². The van der Waals surface area contributed by atoms with Crippen molar-refractivity contribution < 1.29 is 34.1 Å². The van der Waals surface area contributed by atoms with Gasteiger partial charge in [0.15, 0.2) is 0 Å². The van der Waals surface area contributed by atoms with Gasteiger partial charge in [0.2, 0.25) is 5.91 Å². The van der Waals surface area contributed by atoms with Gasteiger partial charge in [-0.15, -0.1) is 0 Å². The summed E-state index contributed by atoms with van der Waals surface area (Å²) in [4.78, 5) is 42.1. The predicted molar refractivity (Wildman–Crippen MR) is 87.7 cm³/mol. The van der Waals surface area contributed by atoms with Gasteiger partial charge in [-0.25, -0.2) is 9.59 Å². The molecule has 1 saturated heterocycles. The van der Waals surface area contributed by atoms with Crippen LogP contribution in [0.2, 0.25) is 0 Å². The minimum absolute atomic E-state index is 0.0644. The summed E-state index contributed by atoms with van der Waals surface area (Å²) in [7, 11) is 0. The van der Waals surface area contributed by atoms with E-state index in [1.54, 1.807) is 0 Å². The number of esters is 1. The molecule has 1 heterocycles. The summed E-state index contributed by atoms with van der Waals surface area (Å²) in [6.07, 6.45) is 2.04. The first-order chi connectivity index (χ1) is 11.2. The summed E-state index contributed by atoms with van der Waals surface area (Å²) in [6.45, 7) is 6.81. The lowest BCUT2D eigenvalue weighted by atomic mass is 10.2. The maximum Gasteiger partial charge on any atom is 0.330 e. The molecule has 0 aromatic rings. The van der Waals surface area contributed by atoms with Gasteiger partial charge < -0.3 is 25.6 Å². The summed E-state index contributed by atoms with van der Waals surface area (Å²) in [5.74, 6) is -2.98. The molecule has 0 aliphatic carbocycles. The number of hydrogen-bond donors (Lipinski definition) is 5. The molecule has 1 amide bonds. The summed E-state index contributed by atoms with van der Waals surface area (Å²) < 4.78 is 4.86. The number of carbonyl (C=O) groups is 4. The molecule has 1 aliphatic heterocycles. The van der Waals surface area contributed by atoms with E-state index in [0.29, 0.717) is 13.0 Å². The van der Waals surface area contributed by atoms with Gasteiger partial charge in [0.1, 0.15) is 18.2 Å². The Balaban J connectivity index is 0.000000449. The van der Waals surface area contributed by atoms with Crippen molar-refractivity contribution in [3.05, 3.63) is 25.3 Å². The number of thiol groups is 1. The summed E-state index contributed by atoms with van der Waals surface area (Å²) in [6, 6.07) is -1.55. The SMILES string of the molecule is C=CC(=O)NC(CS)C(=O)O.C=CC(=O)OC1CN[C@H](C(=O)O)C1. The van der Waals surface area contributed by atoms with Crippen LogP contribution in [0.1, 0.15) is 6.42 Å². The highest BCUT2D eigenvalue weighted by atomic mass is 32.1. The van der Waals surface area contributed by atoms with Crippen molar-refractivity contribution in [3.8, 4) is 0 Å². The van der Waals surface area contributed by atoms with Crippen molar-refractivity contribution >= 4 is 36.4 Å². The highest BCUT2D eigenvalue weighted by molar-refractivity contribution is 7.80. The molecule has 10 heteroatoms. The first-order valence-corrected chi connectivity index (χ1v) is 7.44. The molecule has 0 radical (unpaired) electrons. The lowest BCUT2D eigenvalue weighted by Gasteiger charge is -2.08. The number of amides is 1. The zero-order chi connectivity index (χ0) is 18.7. The fourth-order valence-corrected chi connectivity index (χ4v) is 1.86. The van der Waals surface area contributed by atoms with Crippen molar-refractivity contribution in [1.29, 1.82) is 0 Å². The standard InChI is InChI=1S/C8H11NO4.C6H9NO3S/c1-2-7(10)13-5-3-6(8(11)12)9-4-5;1-2-5(8)7-4(3-11)6(9)10/h2,5-6,9H,1,3-4H2,(H,11,12);2,4,11H,1,3H2,(H,7,8)(H,9,10)/t5?,6-;/m0./s1. The van der Waals surface area contributed by atoms with Crippen LogP contribution < -0.4 is 10.6 Å². The highest BCUT2D eigenvalue weighted by Crippen LogP contribution is 2.10. The van der Waals surface area contributed by atoms with E-state index in [0.717, 1.165) is 12.2 Å². The lowest BCUT2D eigenvalue weighted by Crippen LogP contribution is -2.41. The number of carboxylic acids is 2. The van der Waals surface area contributed by atoms with Crippen molar-refractivity contribution in [2.45, 2.75) is 24.6 Å². The molecule has 134 valence electrons. The number of ether oxygens (including phenoxy) is 1. The monoisotopic (exact) mass is 360 g/mol. The Kier molecular flexibility index (Phi) is 10.2. The van der Waals surface area contributed by atoms with Gasteiger partial charge in [-0.2, -0.15) is 12.6 Å². The molecule has 1 fully saturated rings. The first-order valence-electron chi connectivity index (χ1n) is 6.80. The first kappa shape index (κ1) is 21.7. The van der Waals surface area contributed by atoms with Gasteiger partial charge in [-0.1, -0.05) is 13.2 Å². The largest absolute Gasteiger partial charge is 0.480 e. The van der Waals surface area contributed by atoms with Gasteiger partial charge >= 0.3 is 17.9 Å². The van der Waals surface area contributed by atoms with Gasteiger partial charge in [-0.05, 0) is 6.08 Å². The van der Waals surface area contributed by atoms with Gasteiger partial charge in [0.25, 0.3) is 0 Å². The Morgan fingerprint density at radius 1 is 1.29 bits per heavy atom. The third-order valence-corrected chi connectivity index (χ3v) is 3.19. The van der Waals surface area contributed by atoms with Crippen LogP contribution in [-0.2, 0) is 23.9 Å². The Bertz CT molecular complexity index is 509.